The normalized spacial score (nSPS) is 15.4. The van der Waals surface area contributed by atoms with Crippen molar-refractivity contribution in [2.75, 3.05) is 6.26 Å². The van der Waals surface area contributed by atoms with Gasteiger partial charge in [0.25, 0.3) is 5.91 Å². The maximum atomic E-state index is 13.4. The number of aromatic amines is 1. The minimum Gasteiger partial charge on any atom is -0.322 e. The molecule has 1 N–H and O–H groups in total. The van der Waals surface area contributed by atoms with Gasteiger partial charge in [0, 0.05) is 35.0 Å². The van der Waals surface area contributed by atoms with E-state index in [2.05, 4.69) is 45.7 Å². The lowest BCUT2D eigenvalue weighted by Crippen LogP contribution is -2.29. The molecule has 1 aliphatic rings. The molecule has 0 saturated heterocycles. The van der Waals surface area contributed by atoms with E-state index in [0.29, 0.717) is 12.2 Å². The molecule has 30 heavy (non-hydrogen) atoms. The molecule has 4 aromatic rings. The summed E-state index contributed by atoms with van der Waals surface area (Å²) in [5.41, 5.74) is 5.39. The van der Waals surface area contributed by atoms with E-state index in [1.54, 1.807) is 18.0 Å². The van der Waals surface area contributed by atoms with Crippen LogP contribution in [0.5, 0.6) is 0 Å². The molecule has 0 radical (unpaired) electrons. The van der Waals surface area contributed by atoms with E-state index in [0.717, 1.165) is 27.9 Å². The number of fused-ring (bicyclic) bond motifs is 1. The van der Waals surface area contributed by atoms with Crippen molar-refractivity contribution in [1.82, 2.24) is 20.1 Å². The summed E-state index contributed by atoms with van der Waals surface area (Å²) < 4.78 is 0. The highest BCUT2D eigenvalue weighted by Crippen LogP contribution is 2.43. The second kappa shape index (κ2) is 7.80. The van der Waals surface area contributed by atoms with Crippen molar-refractivity contribution in [3.05, 3.63) is 102 Å². The summed E-state index contributed by atoms with van der Waals surface area (Å²) in [5.74, 6) is -0.0394. The number of H-pyrrole nitrogens is 1. The Hall–Kier alpha value is -3.38. The number of carbonyl (C=O) groups is 1. The van der Waals surface area contributed by atoms with Gasteiger partial charge in [0.05, 0.1) is 11.7 Å². The summed E-state index contributed by atoms with van der Waals surface area (Å²) in [5, 5.41) is 7.53. The maximum Gasteiger partial charge on any atom is 0.273 e. The highest BCUT2D eigenvalue weighted by Gasteiger charge is 2.42. The fourth-order valence-corrected chi connectivity index (χ4v) is 4.41. The Morgan fingerprint density at radius 1 is 1.03 bits per heavy atom. The van der Waals surface area contributed by atoms with Crippen LogP contribution in [0.2, 0.25) is 0 Å². The van der Waals surface area contributed by atoms with Crippen molar-refractivity contribution >= 4 is 17.7 Å². The summed E-state index contributed by atoms with van der Waals surface area (Å²) in [6.07, 6.45) is 5.61. The van der Waals surface area contributed by atoms with Crippen LogP contribution in [-0.2, 0) is 6.54 Å². The molecule has 2 aromatic carbocycles. The van der Waals surface area contributed by atoms with Crippen molar-refractivity contribution in [3.63, 3.8) is 0 Å². The van der Waals surface area contributed by atoms with Gasteiger partial charge in [0.2, 0.25) is 0 Å². The molecular weight excluding hydrogens is 392 g/mol. The number of aromatic nitrogens is 3. The summed E-state index contributed by atoms with van der Waals surface area (Å²) in [6, 6.07) is 22.1. The molecule has 0 spiro atoms. The van der Waals surface area contributed by atoms with Gasteiger partial charge in [-0.3, -0.25) is 14.9 Å². The van der Waals surface area contributed by atoms with Crippen molar-refractivity contribution in [3.8, 4) is 11.3 Å². The second-order valence-electron chi connectivity index (χ2n) is 7.20. The molecule has 3 heterocycles. The largest absolute Gasteiger partial charge is 0.322 e. The fourth-order valence-electron chi connectivity index (χ4n) is 4.00. The zero-order valence-corrected chi connectivity index (χ0v) is 17.3. The van der Waals surface area contributed by atoms with E-state index in [9.17, 15) is 4.79 Å². The third kappa shape index (κ3) is 3.19. The van der Waals surface area contributed by atoms with Crippen LogP contribution in [0.4, 0.5) is 0 Å². The molecule has 5 nitrogen and oxygen atoms in total. The lowest BCUT2D eigenvalue weighted by atomic mass is 9.96. The topological polar surface area (TPSA) is 61.9 Å². The molecule has 0 bridgehead atoms. The number of benzene rings is 2. The van der Waals surface area contributed by atoms with Crippen LogP contribution >= 0.6 is 11.8 Å². The number of amides is 1. The van der Waals surface area contributed by atoms with Crippen LogP contribution in [0.15, 0.2) is 84.0 Å². The van der Waals surface area contributed by atoms with E-state index in [1.807, 2.05) is 53.6 Å². The lowest BCUT2D eigenvalue weighted by molar-refractivity contribution is 0.0730. The van der Waals surface area contributed by atoms with Crippen LogP contribution in [0.1, 0.15) is 33.2 Å². The molecule has 1 amide bonds. The third-order valence-electron chi connectivity index (χ3n) is 5.42. The first-order valence-corrected chi connectivity index (χ1v) is 11.0. The van der Waals surface area contributed by atoms with Crippen molar-refractivity contribution in [2.45, 2.75) is 17.5 Å². The fraction of sp³-hybridized carbons (Fsp3) is 0.125. The molecule has 148 valence electrons. The van der Waals surface area contributed by atoms with Crippen LogP contribution in [0.3, 0.4) is 0 Å². The molecular formula is C24H20N4OS. The van der Waals surface area contributed by atoms with Crippen LogP contribution in [0.25, 0.3) is 11.3 Å². The first-order valence-electron chi connectivity index (χ1n) is 9.74. The summed E-state index contributed by atoms with van der Waals surface area (Å²) >= 11 is 1.70. The van der Waals surface area contributed by atoms with Gasteiger partial charge >= 0.3 is 0 Å². The molecule has 0 fully saturated rings. The van der Waals surface area contributed by atoms with E-state index in [-0.39, 0.29) is 11.9 Å². The molecule has 0 saturated carbocycles. The number of hydrogen-bond acceptors (Lipinski definition) is 4. The van der Waals surface area contributed by atoms with E-state index >= 15 is 0 Å². The number of nitrogens with zero attached hydrogens (tertiary/aromatic N) is 3. The van der Waals surface area contributed by atoms with Gasteiger partial charge in [0.1, 0.15) is 5.69 Å². The standard InChI is InChI=1S/C24H20N4OS/c1-30-19-11-9-18(10-12-19)23-20-21(17-7-3-2-4-8-17)26-27-22(20)24(29)28(23)15-16-6-5-13-25-14-16/h2-14,23H,15H2,1H3,(H,26,27). The molecule has 6 heteroatoms. The van der Waals surface area contributed by atoms with Crippen molar-refractivity contribution < 1.29 is 4.79 Å². The average molecular weight is 413 g/mol. The number of carbonyl (C=O) groups excluding carboxylic acids is 1. The van der Waals surface area contributed by atoms with Crippen molar-refractivity contribution in [2.24, 2.45) is 0 Å². The van der Waals surface area contributed by atoms with E-state index in [1.165, 1.54) is 4.90 Å². The maximum absolute atomic E-state index is 13.4. The number of thioether (sulfide) groups is 1. The molecule has 1 unspecified atom stereocenters. The highest BCUT2D eigenvalue weighted by molar-refractivity contribution is 7.98. The molecule has 1 aliphatic heterocycles. The zero-order chi connectivity index (χ0) is 20.5. The highest BCUT2D eigenvalue weighted by atomic mass is 32.2. The van der Waals surface area contributed by atoms with Gasteiger partial charge in [-0.25, -0.2) is 0 Å². The Morgan fingerprint density at radius 3 is 2.53 bits per heavy atom. The van der Waals surface area contributed by atoms with Gasteiger partial charge in [0.15, 0.2) is 0 Å². The Balaban J connectivity index is 1.64. The van der Waals surface area contributed by atoms with Crippen LogP contribution in [-0.4, -0.2) is 32.2 Å². The minimum atomic E-state index is -0.211. The van der Waals surface area contributed by atoms with E-state index < -0.39 is 0 Å². The number of pyridine rings is 1. The number of rotatable bonds is 5. The van der Waals surface area contributed by atoms with Gasteiger partial charge in [-0.05, 0) is 35.6 Å². The third-order valence-corrected chi connectivity index (χ3v) is 6.16. The summed E-state index contributed by atoms with van der Waals surface area (Å²) in [4.78, 5) is 20.7. The van der Waals surface area contributed by atoms with Crippen LogP contribution in [0, 0.1) is 0 Å². The Bertz CT molecular complexity index is 1170. The van der Waals surface area contributed by atoms with Crippen LogP contribution < -0.4 is 0 Å². The minimum absolute atomic E-state index is 0.0394. The first kappa shape index (κ1) is 18.6. The quantitative estimate of drug-likeness (QED) is 0.472. The van der Waals surface area contributed by atoms with Gasteiger partial charge in [-0.15, -0.1) is 11.8 Å². The van der Waals surface area contributed by atoms with Crippen molar-refractivity contribution in [1.29, 1.82) is 0 Å². The zero-order valence-electron chi connectivity index (χ0n) is 16.4. The molecule has 2 aromatic heterocycles. The second-order valence-corrected chi connectivity index (χ2v) is 8.08. The van der Waals surface area contributed by atoms with Gasteiger partial charge in [-0.2, -0.15) is 5.10 Å². The summed E-state index contributed by atoms with van der Waals surface area (Å²) in [7, 11) is 0. The lowest BCUT2D eigenvalue weighted by Gasteiger charge is -2.26. The number of hydrogen-bond donors (Lipinski definition) is 1. The predicted molar refractivity (Wildman–Crippen MR) is 118 cm³/mol. The predicted octanol–water partition coefficient (Wildman–Crippen LogP) is 4.94. The number of nitrogens with one attached hydrogen (secondary N) is 1. The summed E-state index contributed by atoms with van der Waals surface area (Å²) in [6.45, 7) is 0.484. The molecule has 0 aliphatic carbocycles. The molecule has 5 rings (SSSR count). The first-order chi connectivity index (χ1) is 14.8. The SMILES string of the molecule is CSc1ccc(C2c3c(-c4ccccc4)n[nH]c3C(=O)N2Cc2cccnc2)cc1. The van der Waals surface area contributed by atoms with Gasteiger partial charge < -0.3 is 4.90 Å². The average Bonchev–Trinajstić information content (AvgIpc) is 3.35. The Labute approximate surface area is 179 Å². The monoisotopic (exact) mass is 412 g/mol. The van der Waals surface area contributed by atoms with E-state index in [4.69, 9.17) is 0 Å². The van der Waals surface area contributed by atoms with Gasteiger partial charge in [-0.1, -0.05) is 48.5 Å². The molecule has 1 atom stereocenters. The Morgan fingerprint density at radius 2 is 1.83 bits per heavy atom. The Kier molecular flexibility index (Phi) is 4.85. The smallest absolute Gasteiger partial charge is 0.273 e.